The highest BCUT2D eigenvalue weighted by atomic mass is 79.9. The maximum Gasteiger partial charge on any atom is 0.319 e. The van der Waals surface area contributed by atoms with Crippen molar-refractivity contribution < 1.29 is 4.79 Å². The van der Waals surface area contributed by atoms with Crippen LogP contribution in [0.2, 0.25) is 5.02 Å². The number of rotatable bonds is 4. The van der Waals surface area contributed by atoms with Crippen molar-refractivity contribution in [3.63, 3.8) is 0 Å². The average Bonchev–Trinajstić information content (AvgIpc) is 2.44. The highest BCUT2D eigenvalue weighted by Crippen LogP contribution is 2.20. The van der Waals surface area contributed by atoms with E-state index in [9.17, 15) is 4.79 Å². The Morgan fingerprint density at radius 1 is 1.24 bits per heavy atom. The maximum absolute atomic E-state index is 11.9. The zero-order chi connectivity index (χ0) is 15.2. The highest BCUT2D eigenvalue weighted by molar-refractivity contribution is 9.10. The lowest BCUT2D eigenvalue weighted by molar-refractivity contribution is 0.252. The molecule has 0 atom stereocenters. The number of anilines is 1. The minimum absolute atomic E-state index is 0.215. The fraction of sp³-hybridized carbons (Fsp3) is 0.188. The Morgan fingerprint density at radius 3 is 2.71 bits per heavy atom. The third-order valence-corrected chi connectivity index (χ3v) is 3.94. The number of urea groups is 1. The number of benzene rings is 2. The number of carbonyl (C=O) groups excluding carboxylic acids is 1. The van der Waals surface area contributed by atoms with E-state index in [1.54, 1.807) is 0 Å². The molecule has 5 heteroatoms. The van der Waals surface area contributed by atoms with Crippen LogP contribution in [-0.2, 0) is 6.42 Å². The third-order valence-electron chi connectivity index (χ3n) is 3.07. The number of carbonyl (C=O) groups is 1. The highest BCUT2D eigenvalue weighted by Gasteiger charge is 2.05. The molecule has 2 N–H and O–H groups in total. The van der Waals surface area contributed by atoms with Gasteiger partial charge in [0.2, 0.25) is 0 Å². The Labute approximate surface area is 137 Å². The fourth-order valence-corrected chi connectivity index (χ4v) is 2.65. The zero-order valence-electron chi connectivity index (χ0n) is 11.6. The summed E-state index contributed by atoms with van der Waals surface area (Å²) >= 11 is 9.47. The Morgan fingerprint density at radius 2 is 2.00 bits per heavy atom. The van der Waals surface area contributed by atoms with E-state index in [0.29, 0.717) is 13.0 Å². The van der Waals surface area contributed by atoms with Crippen LogP contribution in [0.15, 0.2) is 46.9 Å². The molecule has 2 amide bonds. The van der Waals surface area contributed by atoms with Crippen LogP contribution in [0.3, 0.4) is 0 Å². The summed E-state index contributed by atoms with van der Waals surface area (Å²) in [7, 11) is 0. The van der Waals surface area contributed by atoms with Gasteiger partial charge in [-0.25, -0.2) is 4.79 Å². The summed E-state index contributed by atoms with van der Waals surface area (Å²) in [5, 5.41) is 6.39. The number of nitrogens with one attached hydrogen (secondary N) is 2. The zero-order valence-corrected chi connectivity index (χ0v) is 14.0. The molecule has 2 rings (SSSR count). The Kier molecular flexibility index (Phi) is 5.65. The smallest absolute Gasteiger partial charge is 0.319 e. The molecular formula is C16H16BrClN2O. The summed E-state index contributed by atoms with van der Waals surface area (Å²) in [6, 6.07) is 13.1. The van der Waals surface area contributed by atoms with Gasteiger partial charge in [-0.2, -0.15) is 0 Å². The van der Waals surface area contributed by atoms with Gasteiger partial charge in [-0.05, 0) is 48.7 Å². The first kappa shape index (κ1) is 15.9. The Hall–Kier alpha value is -1.52. The second-order valence-corrected chi connectivity index (χ2v) is 6.00. The van der Waals surface area contributed by atoms with Gasteiger partial charge >= 0.3 is 6.03 Å². The Bertz CT molecular complexity index is 646. The van der Waals surface area contributed by atoms with Crippen molar-refractivity contribution in [2.75, 3.05) is 11.9 Å². The standard InChI is InChI=1S/C16H16BrClN2O/c1-11-10-13(17)6-7-15(11)20-16(21)19-9-8-12-4-2-3-5-14(12)18/h2-7,10H,8-9H2,1H3,(H2,19,20,21). The van der Waals surface area contributed by atoms with Gasteiger partial charge in [0.05, 0.1) is 0 Å². The molecule has 0 unspecified atom stereocenters. The van der Waals surface area contributed by atoms with Crippen LogP contribution in [0, 0.1) is 6.92 Å². The van der Waals surface area contributed by atoms with Crippen LogP contribution in [0.25, 0.3) is 0 Å². The minimum Gasteiger partial charge on any atom is -0.338 e. The van der Waals surface area contributed by atoms with Gasteiger partial charge in [-0.3, -0.25) is 0 Å². The van der Waals surface area contributed by atoms with Crippen molar-refractivity contribution in [3.8, 4) is 0 Å². The Balaban J connectivity index is 1.84. The predicted octanol–water partition coefficient (Wildman–Crippen LogP) is 4.78. The number of halogens is 2. The van der Waals surface area contributed by atoms with Crippen LogP contribution in [0.1, 0.15) is 11.1 Å². The topological polar surface area (TPSA) is 41.1 Å². The lowest BCUT2D eigenvalue weighted by atomic mass is 10.1. The molecule has 3 nitrogen and oxygen atoms in total. The SMILES string of the molecule is Cc1cc(Br)ccc1NC(=O)NCCc1ccccc1Cl. The van der Waals surface area contributed by atoms with Gasteiger partial charge in [0.15, 0.2) is 0 Å². The van der Waals surface area contributed by atoms with Crippen molar-refractivity contribution >= 4 is 39.2 Å². The van der Waals surface area contributed by atoms with Gasteiger partial charge in [0.25, 0.3) is 0 Å². The maximum atomic E-state index is 11.9. The molecular weight excluding hydrogens is 352 g/mol. The van der Waals surface area contributed by atoms with Crippen molar-refractivity contribution in [2.24, 2.45) is 0 Å². The van der Waals surface area contributed by atoms with E-state index in [1.165, 1.54) is 0 Å². The third kappa shape index (κ3) is 4.76. The number of hydrogen-bond acceptors (Lipinski definition) is 1. The first-order chi connectivity index (χ1) is 10.1. The summed E-state index contributed by atoms with van der Waals surface area (Å²) in [5.74, 6) is 0. The van der Waals surface area contributed by atoms with E-state index in [4.69, 9.17) is 11.6 Å². The quantitative estimate of drug-likeness (QED) is 0.802. The molecule has 2 aromatic carbocycles. The first-order valence-electron chi connectivity index (χ1n) is 6.60. The van der Waals surface area contributed by atoms with E-state index < -0.39 is 0 Å². The summed E-state index contributed by atoms with van der Waals surface area (Å²) < 4.78 is 0.990. The fourth-order valence-electron chi connectivity index (χ4n) is 1.95. The van der Waals surface area contributed by atoms with E-state index in [1.807, 2.05) is 49.4 Å². The predicted molar refractivity (Wildman–Crippen MR) is 91.1 cm³/mol. The van der Waals surface area contributed by atoms with Crippen molar-refractivity contribution in [2.45, 2.75) is 13.3 Å². The van der Waals surface area contributed by atoms with E-state index >= 15 is 0 Å². The van der Waals surface area contributed by atoms with Crippen LogP contribution >= 0.6 is 27.5 Å². The monoisotopic (exact) mass is 366 g/mol. The second kappa shape index (κ2) is 7.48. The molecule has 0 aromatic heterocycles. The molecule has 0 saturated carbocycles. The van der Waals surface area contributed by atoms with E-state index in [0.717, 1.165) is 26.3 Å². The normalized spacial score (nSPS) is 10.2. The lowest BCUT2D eigenvalue weighted by Gasteiger charge is -2.10. The van der Waals surface area contributed by atoms with Crippen LogP contribution in [-0.4, -0.2) is 12.6 Å². The molecule has 0 aliphatic rings. The largest absolute Gasteiger partial charge is 0.338 e. The summed E-state index contributed by atoms with van der Waals surface area (Å²) in [6.45, 7) is 2.48. The van der Waals surface area contributed by atoms with Gasteiger partial charge in [0, 0.05) is 21.7 Å². The van der Waals surface area contributed by atoms with Crippen LogP contribution in [0.4, 0.5) is 10.5 Å². The number of amides is 2. The van der Waals surface area contributed by atoms with Crippen LogP contribution < -0.4 is 10.6 Å². The van der Waals surface area contributed by atoms with Crippen molar-refractivity contribution in [1.82, 2.24) is 5.32 Å². The first-order valence-corrected chi connectivity index (χ1v) is 7.78. The minimum atomic E-state index is -0.215. The molecule has 0 bridgehead atoms. The van der Waals surface area contributed by atoms with Gasteiger partial charge < -0.3 is 10.6 Å². The summed E-state index contributed by atoms with van der Waals surface area (Å²) in [6.07, 6.45) is 0.701. The molecule has 0 heterocycles. The molecule has 2 aromatic rings. The van der Waals surface area contributed by atoms with Gasteiger partial charge in [-0.1, -0.05) is 45.7 Å². The van der Waals surface area contributed by atoms with E-state index in [2.05, 4.69) is 26.6 Å². The van der Waals surface area contributed by atoms with Gasteiger partial charge in [-0.15, -0.1) is 0 Å². The number of hydrogen-bond donors (Lipinski definition) is 2. The van der Waals surface area contributed by atoms with Gasteiger partial charge in [0.1, 0.15) is 0 Å². The lowest BCUT2D eigenvalue weighted by Crippen LogP contribution is -2.30. The summed E-state index contributed by atoms with van der Waals surface area (Å²) in [4.78, 5) is 11.9. The van der Waals surface area contributed by atoms with Crippen molar-refractivity contribution in [1.29, 1.82) is 0 Å². The number of aryl methyl sites for hydroxylation is 1. The average molecular weight is 368 g/mol. The van der Waals surface area contributed by atoms with E-state index in [-0.39, 0.29) is 6.03 Å². The van der Waals surface area contributed by atoms with Crippen molar-refractivity contribution in [3.05, 3.63) is 63.1 Å². The molecule has 0 fully saturated rings. The molecule has 0 aliphatic heterocycles. The molecule has 0 saturated heterocycles. The second-order valence-electron chi connectivity index (χ2n) is 4.68. The molecule has 21 heavy (non-hydrogen) atoms. The van der Waals surface area contributed by atoms with Crippen LogP contribution in [0.5, 0.6) is 0 Å². The molecule has 0 spiro atoms. The molecule has 0 aliphatic carbocycles. The molecule has 110 valence electrons. The summed E-state index contributed by atoms with van der Waals surface area (Å²) in [5.41, 5.74) is 2.83. The molecule has 0 radical (unpaired) electrons.